The number of rotatable bonds is 4. The maximum absolute atomic E-state index is 11.9. The molecule has 0 unspecified atom stereocenters. The fraction of sp³-hybridized carbons (Fsp3) is 0. The molecular formula is C15H13ClN6O. The highest BCUT2D eigenvalue weighted by atomic mass is 35.5. The van der Waals surface area contributed by atoms with Gasteiger partial charge in [0.05, 0.1) is 0 Å². The molecule has 0 radical (unpaired) electrons. The summed E-state index contributed by atoms with van der Waals surface area (Å²) in [6.45, 7) is 0. The van der Waals surface area contributed by atoms with Crippen molar-refractivity contribution >= 4 is 40.9 Å². The number of urea groups is 1. The Balaban J connectivity index is 1.58. The summed E-state index contributed by atoms with van der Waals surface area (Å²) in [5.41, 5.74) is 1.48. The van der Waals surface area contributed by atoms with Crippen molar-refractivity contribution < 1.29 is 4.79 Å². The minimum absolute atomic E-state index is 0.162. The highest BCUT2D eigenvalue weighted by Crippen LogP contribution is 2.15. The van der Waals surface area contributed by atoms with Gasteiger partial charge in [-0.2, -0.15) is 4.98 Å². The molecule has 2 aromatic carbocycles. The van der Waals surface area contributed by atoms with E-state index < -0.39 is 6.03 Å². The minimum atomic E-state index is -0.447. The maximum atomic E-state index is 11.9. The zero-order chi connectivity index (χ0) is 16.1. The summed E-state index contributed by atoms with van der Waals surface area (Å²) in [5.74, 6) is 0.591. The Bertz CT molecular complexity index is 787. The smallest absolute Gasteiger partial charge is 0.325 e. The van der Waals surface area contributed by atoms with Crippen molar-refractivity contribution in [3.63, 3.8) is 0 Å². The first-order valence-electron chi connectivity index (χ1n) is 6.77. The van der Waals surface area contributed by atoms with Crippen molar-refractivity contribution in [1.82, 2.24) is 15.2 Å². The lowest BCUT2D eigenvalue weighted by Gasteiger charge is -2.04. The number of carbonyl (C=O) groups excluding carboxylic acids is 1. The number of carbonyl (C=O) groups is 1. The van der Waals surface area contributed by atoms with Crippen LogP contribution in [-0.2, 0) is 0 Å². The summed E-state index contributed by atoms with van der Waals surface area (Å²) in [7, 11) is 0. The van der Waals surface area contributed by atoms with Gasteiger partial charge in [-0.25, -0.2) is 9.89 Å². The molecule has 0 saturated carbocycles. The molecule has 7 nitrogen and oxygen atoms in total. The average Bonchev–Trinajstić information content (AvgIpc) is 2.97. The van der Waals surface area contributed by atoms with Crippen molar-refractivity contribution in [2.24, 2.45) is 0 Å². The molecule has 0 aliphatic rings. The second kappa shape index (κ2) is 6.80. The van der Waals surface area contributed by atoms with Gasteiger partial charge in [-0.15, -0.1) is 5.10 Å². The van der Waals surface area contributed by atoms with Crippen LogP contribution in [0.5, 0.6) is 0 Å². The first-order valence-corrected chi connectivity index (χ1v) is 7.15. The molecule has 0 saturated heterocycles. The predicted octanol–water partition coefficient (Wildman–Crippen LogP) is 3.85. The quantitative estimate of drug-likeness (QED) is 0.585. The number of anilines is 4. The molecule has 3 aromatic rings. The van der Waals surface area contributed by atoms with Gasteiger partial charge in [-0.1, -0.05) is 29.8 Å². The molecule has 1 aromatic heterocycles. The number of aromatic amines is 1. The molecule has 0 fully saturated rings. The van der Waals surface area contributed by atoms with Crippen molar-refractivity contribution in [2.75, 3.05) is 16.0 Å². The number of aromatic nitrogens is 3. The van der Waals surface area contributed by atoms with E-state index in [0.717, 1.165) is 5.69 Å². The lowest BCUT2D eigenvalue weighted by molar-refractivity contribution is 0.262. The molecular weight excluding hydrogens is 316 g/mol. The third-order valence-corrected chi connectivity index (χ3v) is 3.10. The molecule has 4 N–H and O–H groups in total. The van der Waals surface area contributed by atoms with Crippen molar-refractivity contribution in [3.8, 4) is 0 Å². The van der Waals surface area contributed by atoms with Crippen LogP contribution in [0.2, 0.25) is 5.02 Å². The third-order valence-electron chi connectivity index (χ3n) is 2.85. The van der Waals surface area contributed by atoms with E-state index in [1.54, 1.807) is 24.3 Å². The number of H-pyrrole nitrogens is 1. The molecule has 8 heteroatoms. The number of halogens is 1. The third kappa shape index (κ3) is 4.21. The summed E-state index contributed by atoms with van der Waals surface area (Å²) < 4.78 is 0. The van der Waals surface area contributed by atoms with Crippen LogP contribution >= 0.6 is 11.6 Å². The van der Waals surface area contributed by atoms with E-state index in [1.165, 1.54) is 0 Å². The molecule has 0 spiro atoms. The number of hydrogen-bond acceptors (Lipinski definition) is 4. The van der Waals surface area contributed by atoms with Crippen LogP contribution in [0.1, 0.15) is 0 Å². The number of nitrogens with one attached hydrogen (secondary N) is 4. The predicted molar refractivity (Wildman–Crippen MR) is 90.2 cm³/mol. The van der Waals surface area contributed by atoms with Gasteiger partial charge < -0.3 is 10.6 Å². The van der Waals surface area contributed by atoms with Gasteiger partial charge in [0, 0.05) is 16.4 Å². The van der Waals surface area contributed by atoms with Gasteiger partial charge in [0.25, 0.3) is 5.95 Å². The molecule has 0 aliphatic heterocycles. The molecule has 0 atom stereocenters. The summed E-state index contributed by atoms with van der Waals surface area (Å²) in [4.78, 5) is 16.0. The Morgan fingerprint density at radius 1 is 0.957 bits per heavy atom. The zero-order valence-electron chi connectivity index (χ0n) is 11.9. The van der Waals surface area contributed by atoms with Gasteiger partial charge in [-0.3, -0.25) is 5.32 Å². The van der Waals surface area contributed by atoms with Crippen molar-refractivity contribution in [2.45, 2.75) is 0 Å². The van der Waals surface area contributed by atoms with Crippen LogP contribution in [0.3, 0.4) is 0 Å². The monoisotopic (exact) mass is 328 g/mol. The minimum Gasteiger partial charge on any atom is -0.325 e. The van der Waals surface area contributed by atoms with Gasteiger partial charge in [0.1, 0.15) is 0 Å². The Hall–Kier alpha value is -3.06. The SMILES string of the molecule is O=C(Nc1ccc(Cl)cc1)Nc1n[nH]c(Nc2ccccc2)n1. The van der Waals surface area contributed by atoms with E-state index in [2.05, 4.69) is 31.1 Å². The van der Waals surface area contributed by atoms with E-state index in [1.807, 2.05) is 30.3 Å². The summed E-state index contributed by atoms with van der Waals surface area (Å²) in [6, 6.07) is 15.8. The molecule has 0 aliphatic carbocycles. The molecule has 116 valence electrons. The highest BCUT2D eigenvalue weighted by Gasteiger charge is 2.08. The standard InChI is InChI=1S/C15H13ClN6O/c16-10-6-8-12(9-7-10)18-15(23)20-14-19-13(21-22-14)17-11-4-2-1-3-5-11/h1-9H,(H4,17,18,19,20,21,22,23). The average molecular weight is 329 g/mol. The normalized spacial score (nSPS) is 10.1. The van der Waals surface area contributed by atoms with Crippen LogP contribution in [0.25, 0.3) is 0 Å². The lowest BCUT2D eigenvalue weighted by Crippen LogP contribution is -2.20. The van der Waals surface area contributed by atoms with Crippen LogP contribution in [-0.4, -0.2) is 21.2 Å². The molecule has 1 heterocycles. The van der Waals surface area contributed by atoms with Gasteiger partial charge in [0.15, 0.2) is 0 Å². The fourth-order valence-electron chi connectivity index (χ4n) is 1.83. The molecule has 23 heavy (non-hydrogen) atoms. The van der Waals surface area contributed by atoms with Gasteiger partial charge in [-0.05, 0) is 36.4 Å². The summed E-state index contributed by atoms with van der Waals surface area (Å²) in [6.07, 6.45) is 0. The zero-order valence-corrected chi connectivity index (χ0v) is 12.6. The van der Waals surface area contributed by atoms with Gasteiger partial charge >= 0.3 is 6.03 Å². The Morgan fingerprint density at radius 3 is 2.43 bits per heavy atom. The van der Waals surface area contributed by atoms with Crippen LogP contribution in [0.4, 0.5) is 28.1 Å². The number of nitrogens with zero attached hydrogens (tertiary/aromatic N) is 2. The number of amides is 2. The number of benzene rings is 2. The van der Waals surface area contributed by atoms with Crippen molar-refractivity contribution in [1.29, 1.82) is 0 Å². The van der Waals surface area contributed by atoms with E-state index in [4.69, 9.17) is 11.6 Å². The highest BCUT2D eigenvalue weighted by molar-refractivity contribution is 6.30. The second-order valence-corrected chi connectivity index (χ2v) is 5.02. The van der Waals surface area contributed by atoms with E-state index in [9.17, 15) is 4.79 Å². The fourth-order valence-corrected chi connectivity index (χ4v) is 1.95. The number of para-hydroxylation sites is 1. The largest absolute Gasteiger partial charge is 0.326 e. The topological polar surface area (TPSA) is 94.7 Å². The first-order chi connectivity index (χ1) is 11.2. The molecule has 2 amide bonds. The van der Waals surface area contributed by atoms with E-state index in [0.29, 0.717) is 16.7 Å². The van der Waals surface area contributed by atoms with E-state index >= 15 is 0 Å². The van der Waals surface area contributed by atoms with Crippen LogP contribution in [0, 0.1) is 0 Å². The van der Waals surface area contributed by atoms with E-state index in [-0.39, 0.29) is 5.95 Å². The number of hydrogen-bond donors (Lipinski definition) is 4. The lowest BCUT2D eigenvalue weighted by atomic mass is 10.3. The first kappa shape index (κ1) is 14.9. The second-order valence-electron chi connectivity index (χ2n) is 4.58. The maximum Gasteiger partial charge on any atom is 0.326 e. The summed E-state index contributed by atoms with van der Waals surface area (Å²) in [5, 5.41) is 15.4. The molecule has 0 bridgehead atoms. The Kier molecular flexibility index (Phi) is 4.39. The van der Waals surface area contributed by atoms with Gasteiger partial charge in [0.2, 0.25) is 5.95 Å². The molecule has 3 rings (SSSR count). The Morgan fingerprint density at radius 2 is 1.70 bits per heavy atom. The Labute approximate surface area is 137 Å². The summed E-state index contributed by atoms with van der Waals surface area (Å²) >= 11 is 5.79. The van der Waals surface area contributed by atoms with Crippen molar-refractivity contribution in [3.05, 3.63) is 59.6 Å². The van der Waals surface area contributed by atoms with Crippen LogP contribution < -0.4 is 16.0 Å². The van der Waals surface area contributed by atoms with Crippen LogP contribution in [0.15, 0.2) is 54.6 Å².